The molecule has 25 heavy (non-hydrogen) atoms. The summed E-state index contributed by atoms with van der Waals surface area (Å²) in [4.78, 5) is 14.3. The summed E-state index contributed by atoms with van der Waals surface area (Å²) in [6, 6.07) is 0.404. The van der Waals surface area contributed by atoms with Crippen molar-refractivity contribution in [1.82, 2.24) is 20.4 Å². The highest BCUT2D eigenvalue weighted by Gasteiger charge is 2.21. The maximum atomic E-state index is 12.0. The van der Waals surface area contributed by atoms with E-state index in [4.69, 9.17) is 4.74 Å². The molecule has 0 radical (unpaired) electrons. The number of aryl methyl sites for hydroxylation is 2. The summed E-state index contributed by atoms with van der Waals surface area (Å²) in [5.41, 5.74) is 2.27. The average molecular weight is 349 g/mol. The van der Waals surface area contributed by atoms with Crippen LogP contribution in [0, 0.1) is 6.92 Å². The minimum atomic E-state index is 0.163. The Morgan fingerprint density at radius 1 is 1.28 bits per heavy atom. The number of carbonyl (C=O) groups excluding carboxylic acids is 1. The third-order valence-electron chi connectivity index (χ3n) is 5.17. The summed E-state index contributed by atoms with van der Waals surface area (Å²) in [6.07, 6.45) is 5.29. The molecule has 7 nitrogen and oxygen atoms in total. The highest BCUT2D eigenvalue weighted by Crippen LogP contribution is 2.24. The Balaban J connectivity index is 1.48. The van der Waals surface area contributed by atoms with Gasteiger partial charge in [-0.1, -0.05) is 12.8 Å². The van der Waals surface area contributed by atoms with Gasteiger partial charge in [0.15, 0.2) is 0 Å². The highest BCUT2D eigenvalue weighted by molar-refractivity contribution is 5.76. The van der Waals surface area contributed by atoms with Crippen LogP contribution in [0.3, 0.4) is 0 Å². The second kappa shape index (κ2) is 8.67. The van der Waals surface area contributed by atoms with Crippen LogP contribution >= 0.6 is 0 Å². The highest BCUT2D eigenvalue weighted by atomic mass is 16.5. The molecule has 1 amide bonds. The van der Waals surface area contributed by atoms with E-state index in [1.165, 1.54) is 24.2 Å². The first kappa shape index (κ1) is 18.2. The number of ether oxygens (including phenoxy) is 1. The van der Waals surface area contributed by atoms with Crippen LogP contribution in [-0.4, -0.2) is 54.6 Å². The van der Waals surface area contributed by atoms with E-state index in [0.717, 1.165) is 51.4 Å². The lowest BCUT2D eigenvalue weighted by atomic mass is 10.2. The van der Waals surface area contributed by atoms with E-state index >= 15 is 0 Å². The second-order valence-corrected chi connectivity index (χ2v) is 7.09. The molecule has 1 saturated carbocycles. The molecular weight excluding hydrogens is 318 g/mol. The van der Waals surface area contributed by atoms with Crippen molar-refractivity contribution in [2.75, 3.05) is 37.7 Å². The number of hydrogen-bond acceptors (Lipinski definition) is 5. The number of anilines is 1. The van der Waals surface area contributed by atoms with Crippen LogP contribution in [0.2, 0.25) is 0 Å². The molecule has 0 aromatic carbocycles. The number of nitrogens with one attached hydrogen (secondary N) is 2. The first-order chi connectivity index (χ1) is 12.1. The maximum Gasteiger partial charge on any atom is 0.221 e. The number of amides is 1. The van der Waals surface area contributed by atoms with Crippen molar-refractivity contribution < 1.29 is 9.53 Å². The molecule has 1 aliphatic heterocycles. The monoisotopic (exact) mass is 349 g/mol. The molecule has 3 rings (SSSR count). The lowest BCUT2D eigenvalue weighted by Crippen LogP contribution is -2.38. The van der Waals surface area contributed by atoms with Crippen LogP contribution in [0.1, 0.15) is 43.4 Å². The zero-order chi connectivity index (χ0) is 17.6. The van der Waals surface area contributed by atoms with Gasteiger partial charge >= 0.3 is 0 Å². The Morgan fingerprint density at radius 3 is 2.72 bits per heavy atom. The first-order valence-corrected chi connectivity index (χ1v) is 9.50. The number of rotatable bonds is 7. The summed E-state index contributed by atoms with van der Waals surface area (Å²) in [7, 11) is 2.00. The van der Waals surface area contributed by atoms with E-state index in [2.05, 4.69) is 20.6 Å². The molecule has 2 N–H and O–H groups in total. The first-order valence-electron chi connectivity index (χ1n) is 9.50. The van der Waals surface area contributed by atoms with Crippen LogP contribution in [-0.2, 0) is 23.1 Å². The second-order valence-electron chi connectivity index (χ2n) is 7.09. The van der Waals surface area contributed by atoms with Gasteiger partial charge in [0.05, 0.1) is 18.9 Å². The molecule has 2 fully saturated rings. The smallest absolute Gasteiger partial charge is 0.221 e. The van der Waals surface area contributed by atoms with E-state index in [0.29, 0.717) is 19.0 Å². The van der Waals surface area contributed by atoms with E-state index in [9.17, 15) is 4.79 Å². The van der Waals surface area contributed by atoms with Gasteiger partial charge in [0.2, 0.25) is 5.91 Å². The van der Waals surface area contributed by atoms with E-state index in [-0.39, 0.29) is 5.91 Å². The van der Waals surface area contributed by atoms with Crippen LogP contribution in [0.25, 0.3) is 0 Å². The molecule has 1 aromatic rings. The predicted octanol–water partition coefficient (Wildman–Crippen LogP) is 1.10. The van der Waals surface area contributed by atoms with Gasteiger partial charge in [0.25, 0.3) is 0 Å². The maximum absolute atomic E-state index is 12.0. The Morgan fingerprint density at radius 2 is 2.00 bits per heavy atom. The fraction of sp³-hybridized carbons (Fsp3) is 0.778. The predicted molar refractivity (Wildman–Crippen MR) is 97.7 cm³/mol. The van der Waals surface area contributed by atoms with E-state index < -0.39 is 0 Å². The molecule has 2 aliphatic rings. The zero-order valence-electron chi connectivity index (χ0n) is 15.5. The fourth-order valence-corrected chi connectivity index (χ4v) is 3.85. The van der Waals surface area contributed by atoms with Crippen LogP contribution in [0.5, 0.6) is 0 Å². The summed E-state index contributed by atoms with van der Waals surface area (Å²) < 4.78 is 7.42. The largest absolute Gasteiger partial charge is 0.378 e. The average Bonchev–Trinajstić information content (AvgIpc) is 3.20. The van der Waals surface area contributed by atoms with Crippen molar-refractivity contribution in [2.45, 2.75) is 51.6 Å². The Bertz CT molecular complexity index is 574. The third-order valence-corrected chi connectivity index (χ3v) is 5.17. The van der Waals surface area contributed by atoms with Gasteiger partial charge in [0.1, 0.15) is 5.82 Å². The summed E-state index contributed by atoms with van der Waals surface area (Å²) in [6.45, 7) is 6.80. The lowest BCUT2D eigenvalue weighted by Gasteiger charge is -2.29. The van der Waals surface area contributed by atoms with Crippen molar-refractivity contribution >= 4 is 11.7 Å². The molecule has 7 heteroatoms. The number of nitrogens with zero attached hydrogens (tertiary/aromatic N) is 3. The van der Waals surface area contributed by atoms with Crippen molar-refractivity contribution in [2.24, 2.45) is 7.05 Å². The quantitative estimate of drug-likeness (QED) is 0.722. The van der Waals surface area contributed by atoms with Gasteiger partial charge in [0, 0.05) is 51.3 Å². The topological polar surface area (TPSA) is 71.4 Å². The van der Waals surface area contributed by atoms with Gasteiger partial charge in [-0.2, -0.15) is 5.10 Å². The van der Waals surface area contributed by atoms with Gasteiger partial charge < -0.3 is 20.3 Å². The molecule has 140 valence electrons. The number of hydrogen-bond donors (Lipinski definition) is 2. The summed E-state index contributed by atoms with van der Waals surface area (Å²) in [5.74, 6) is 1.33. The minimum absolute atomic E-state index is 0.163. The zero-order valence-corrected chi connectivity index (χ0v) is 15.5. The standard InChI is InChI=1S/C18H31N5O2/c1-14-16(18(22(2)21-14)23-9-11-25-12-10-23)13-19-8-7-17(24)20-15-5-3-4-6-15/h15,19H,3-13H2,1-2H3,(H,20,24). The van der Waals surface area contributed by atoms with Gasteiger partial charge in [-0.3, -0.25) is 9.48 Å². The Labute approximate surface area is 150 Å². The lowest BCUT2D eigenvalue weighted by molar-refractivity contribution is -0.121. The van der Waals surface area contributed by atoms with E-state index in [1.54, 1.807) is 0 Å². The molecule has 1 aliphatic carbocycles. The van der Waals surface area contributed by atoms with Crippen molar-refractivity contribution in [3.8, 4) is 0 Å². The molecule has 0 bridgehead atoms. The number of carbonyl (C=O) groups is 1. The molecule has 1 saturated heterocycles. The van der Waals surface area contributed by atoms with Crippen LogP contribution in [0.4, 0.5) is 5.82 Å². The third kappa shape index (κ3) is 4.73. The molecule has 2 heterocycles. The molecular formula is C18H31N5O2. The summed E-state index contributed by atoms with van der Waals surface area (Å²) in [5, 5.41) is 11.1. The Kier molecular flexibility index (Phi) is 6.31. The van der Waals surface area contributed by atoms with Crippen LogP contribution < -0.4 is 15.5 Å². The van der Waals surface area contributed by atoms with E-state index in [1.807, 2.05) is 18.7 Å². The number of morpholine rings is 1. The van der Waals surface area contributed by atoms with Crippen LogP contribution in [0.15, 0.2) is 0 Å². The molecule has 0 unspecified atom stereocenters. The number of aromatic nitrogens is 2. The van der Waals surface area contributed by atoms with Gasteiger partial charge in [-0.05, 0) is 19.8 Å². The van der Waals surface area contributed by atoms with Gasteiger partial charge in [-0.25, -0.2) is 0 Å². The van der Waals surface area contributed by atoms with Crippen molar-refractivity contribution in [1.29, 1.82) is 0 Å². The van der Waals surface area contributed by atoms with Crippen molar-refractivity contribution in [3.63, 3.8) is 0 Å². The van der Waals surface area contributed by atoms with Gasteiger partial charge in [-0.15, -0.1) is 0 Å². The normalized spacial score (nSPS) is 18.7. The fourth-order valence-electron chi connectivity index (χ4n) is 3.85. The molecule has 1 aromatic heterocycles. The minimum Gasteiger partial charge on any atom is -0.378 e. The van der Waals surface area contributed by atoms with Crippen molar-refractivity contribution in [3.05, 3.63) is 11.3 Å². The molecule has 0 spiro atoms. The SMILES string of the molecule is Cc1nn(C)c(N2CCOCC2)c1CNCCC(=O)NC1CCCC1. The Hall–Kier alpha value is -1.60. The molecule has 0 atom stereocenters. The summed E-state index contributed by atoms with van der Waals surface area (Å²) >= 11 is 0.